The second-order valence-electron chi connectivity index (χ2n) is 6.42. The Morgan fingerprint density at radius 3 is 2.61 bits per heavy atom. The molecule has 1 aromatic carbocycles. The van der Waals surface area contributed by atoms with Crippen molar-refractivity contribution in [1.82, 2.24) is 19.6 Å². The summed E-state index contributed by atoms with van der Waals surface area (Å²) in [6, 6.07) is 5.34. The molecule has 0 bridgehead atoms. The summed E-state index contributed by atoms with van der Waals surface area (Å²) in [6.45, 7) is 5.41. The molecule has 1 aliphatic rings. The van der Waals surface area contributed by atoms with Gasteiger partial charge in [-0.15, -0.1) is 0 Å². The number of nitrogens with one attached hydrogen (secondary N) is 1. The molecule has 152 valence electrons. The van der Waals surface area contributed by atoms with E-state index < -0.39 is 11.7 Å². The normalized spacial score (nSPS) is 15.8. The number of hydrogen-bond acceptors (Lipinski definition) is 5. The summed E-state index contributed by atoms with van der Waals surface area (Å²) in [7, 11) is 1.68. The van der Waals surface area contributed by atoms with Crippen LogP contribution >= 0.6 is 11.5 Å². The molecule has 28 heavy (non-hydrogen) atoms. The summed E-state index contributed by atoms with van der Waals surface area (Å²) in [4.78, 5) is 13.1. The van der Waals surface area contributed by atoms with E-state index in [9.17, 15) is 13.2 Å². The number of anilines is 1. The number of aryl methyl sites for hydroxylation is 1. The average molecular weight is 412 g/mol. The van der Waals surface area contributed by atoms with Crippen molar-refractivity contribution in [2.24, 2.45) is 4.99 Å². The maximum absolute atomic E-state index is 12.9. The molecule has 1 aliphatic heterocycles. The Labute approximate surface area is 166 Å². The fourth-order valence-electron chi connectivity index (χ4n) is 3.00. The van der Waals surface area contributed by atoms with Crippen molar-refractivity contribution in [2.75, 3.05) is 38.1 Å². The molecule has 1 aromatic heterocycles. The van der Waals surface area contributed by atoms with Crippen molar-refractivity contribution in [3.05, 3.63) is 41.2 Å². The molecule has 6 nitrogen and oxygen atoms in total. The van der Waals surface area contributed by atoms with E-state index in [4.69, 9.17) is 0 Å². The van der Waals surface area contributed by atoms with E-state index in [1.807, 2.05) is 6.92 Å². The first-order valence-corrected chi connectivity index (χ1v) is 9.87. The summed E-state index contributed by atoms with van der Waals surface area (Å²) in [5.74, 6) is 1.55. The Kier molecular flexibility index (Phi) is 6.38. The molecule has 0 spiro atoms. The van der Waals surface area contributed by atoms with Crippen LogP contribution in [-0.2, 0) is 19.1 Å². The first-order valence-electron chi connectivity index (χ1n) is 9.10. The van der Waals surface area contributed by atoms with Gasteiger partial charge in [-0.1, -0.05) is 19.1 Å². The highest BCUT2D eigenvalue weighted by atomic mass is 32.1. The maximum Gasteiger partial charge on any atom is 0.416 e. The van der Waals surface area contributed by atoms with Crippen molar-refractivity contribution in [3.8, 4) is 0 Å². The van der Waals surface area contributed by atoms with E-state index in [2.05, 4.69) is 29.5 Å². The first kappa shape index (κ1) is 20.4. The van der Waals surface area contributed by atoms with E-state index in [0.717, 1.165) is 49.6 Å². The molecule has 1 fully saturated rings. The second-order valence-corrected chi connectivity index (χ2v) is 7.15. The third kappa shape index (κ3) is 4.92. The Balaban J connectivity index is 1.55. The fraction of sp³-hybridized carbons (Fsp3) is 0.500. The number of piperazine rings is 1. The SMILES string of the molecule is CCc1nsc(N2CCN(C(=NC)NCc3cccc(C(F)(F)F)c3)CC2)n1. The topological polar surface area (TPSA) is 56.7 Å². The quantitative estimate of drug-likeness (QED) is 0.618. The Morgan fingerprint density at radius 2 is 2.00 bits per heavy atom. The maximum atomic E-state index is 12.9. The molecule has 1 N–H and O–H groups in total. The predicted molar refractivity (Wildman–Crippen MR) is 105 cm³/mol. The second kappa shape index (κ2) is 8.76. The highest BCUT2D eigenvalue weighted by Crippen LogP contribution is 2.29. The van der Waals surface area contributed by atoms with Gasteiger partial charge < -0.3 is 15.1 Å². The van der Waals surface area contributed by atoms with Crippen LogP contribution in [0.4, 0.5) is 18.3 Å². The molecule has 0 unspecified atom stereocenters. The number of guanidine groups is 1. The lowest BCUT2D eigenvalue weighted by Crippen LogP contribution is -2.52. The van der Waals surface area contributed by atoms with Gasteiger partial charge in [0.05, 0.1) is 5.56 Å². The molecule has 2 aromatic rings. The van der Waals surface area contributed by atoms with Gasteiger partial charge in [0, 0.05) is 57.7 Å². The minimum atomic E-state index is -4.34. The van der Waals surface area contributed by atoms with Crippen LogP contribution in [-0.4, -0.2) is 53.4 Å². The van der Waals surface area contributed by atoms with Gasteiger partial charge in [0.25, 0.3) is 0 Å². The van der Waals surface area contributed by atoms with Gasteiger partial charge in [-0.25, -0.2) is 4.98 Å². The highest BCUT2D eigenvalue weighted by molar-refractivity contribution is 7.09. The van der Waals surface area contributed by atoms with Gasteiger partial charge in [0.1, 0.15) is 5.82 Å². The van der Waals surface area contributed by atoms with Crippen molar-refractivity contribution in [3.63, 3.8) is 0 Å². The molecule has 1 saturated heterocycles. The third-order valence-corrected chi connectivity index (χ3v) is 5.35. The van der Waals surface area contributed by atoms with Gasteiger partial charge in [0.2, 0.25) is 5.13 Å². The zero-order chi connectivity index (χ0) is 20.1. The lowest BCUT2D eigenvalue weighted by molar-refractivity contribution is -0.137. The monoisotopic (exact) mass is 412 g/mol. The highest BCUT2D eigenvalue weighted by Gasteiger charge is 2.30. The number of halogens is 3. The first-order chi connectivity index (χ1) is 13.4. The molecule has 0 amide bonds. The third-order valence-electron chi connectivity index (χ3n) is 4.54. The lowest BCUT2D eigenvalue weighted by atomic mass is 10.1. The number of rotatable bonds is 4. The van der Waals surface area contributed by atoms with Gasteiger partial charge in [-0.3, -0.25) is 4.99 Å². The lowest BCUT2D eigenvalue weighted by Gasteiger charge is -2.36. The summed E-state index contributed by atoms with van der Waals surface area (Å²) in [5, 5.41) is 4.10. The average Bonchev–Trinajstić information content (AvgIpc) is 3.18. The zero-order valence-electron chi connectivity index (χ0n) is 15.8. The number of benzene rings is 1. The van der Waals surface area contributed by atoms with E-state index in [1.54, 1.807) is 13.1 Å². The molecule has 0 saturated carbocycles. The largest absolute Gasteiger partial charge is 0.416 e. The van der Waals surface area contributed by atoms with Crippen LogP contribution in [0.1, 0.15) is 23.9 Å². The van der Waals surface area contributed by atoms with Crippen molar-refractivity contribution in [1.29, 1.82) is 0 Å². The van der Waals surface area contributed by atoms with Crippen LogP contribution in [0.3, 0.4) is 0 Å². The van der Waals surface area contributed by atoms with E-state index in [0.29, 0.717) is 11.5 Å². The number of alkyl halides is 3. The molecule has 2 heterocycles. The Hall–Kier alpha value is -2.36. The van der Waals surface area contributed by atoms with Gasteiger partial charge >= 0.3 is 6.18 Å². The van der Waals surface area contributed by atoms with Crippen LogP contribution in [0.2, 0.25) is 0 Å². The number of hydrogen-bond donors (Lipinski definition) is 1. The molecule has 0 aliphatic carbocycles. The summed E-state index contributed by atoms with van der Waals surface area (Å²) in [6.07, 6.45) is -3.51. The minimum absolute atomic E-state index is 0.285. The van der Waals surface area contributed by atoms with Gasteiger partial charge in [-0.2, -0.15) is 17.5 Å². The molecule has 3 rings (SSSR count). The number of aromatic nitrogens is 2. The summed E-state index contributed by atoms with van der Waals surface area (Å²) < 4.78 is 42.9. The van der Waals surface area contributed by atoms with Crippen molar-refractivity contribution >= 4 is 22.6 Å². The minimum Gasteiger partial charge on any atom is -0.352 e. The number of nitrogens with zero attached hydrogens (tertiary/aromatic N) is 5. The smallest absolute Gasteiger partial charge is 0.352 e. The van der Waals surface area contributed by atoms with Crippen LogP contribution in [0.5, 0.6) is 0 Å². The standard InChI is InChI=1S/C18H23F3N6S/c1-3-15-24-17(28-25-15)27-9-7-26(8-10-27)16(22-2)23-12-13-5-4-6-14(11-13)18(19,20)21/h4-6,11H,3,7-10,12H2,1-2H3,(H,22,23). The molecule has 10 heteroatoms. The summed E-state index contributed by atoms with van der Waals surface area (Å²) in [5.41, 5.74) is -0.0746. The zero-order valence-corrected chi connectivity index (χ0v) is 16.6. The van der Waals surface area contributed by atoms with Crippen LogP contribution in [0, 0.1) is 0 Å². The molecular weight excluding hydrogens is 389 g/mol. The summed E-state index contributed by atoms with van der Waals surface area (Å²) >= 11 is 1.42. The van der Waals surface area contributed by atoms with E-state index >= 15 is 0 Å². The molecule has 0 atom stereocenters. The molecular formula is C18H23F3N6S. The van der Waals surface area contributed by atoms with Crippen LogP contribution in [0.25, 0.3) is 0 Å². The van der Waals surface area contributed by atoms with E-state index in [1.165, 1.54) is 23.7 Å². The van der Waals surface area contributed by atoms with Crippen LogP contribution < -0.4 is 10.2 Å². The van der Waals surface area contributed by atoms with Crippen molar-refractivity contribution < 1.29 is 13.2 Å². The van der Waals surface area contributed by atoms with Crippen molar-refractivity contribution in [2.45, 2.75) is 26.1 Å². The predicted octanol–water partition coefficient (Wildman–Crippen LogP) is 3.02. The van der Waals surface area contributed by atoms with E-state index in [-0.39, 0.29) is 6.54 Å². The fourth-order valence-corrected chi connectivity index (χ4v) is 3.80. The van der Waals surface area contributed by atoms with Gasteiger partial charge in [0.15, 0.2) is 5.96 Å². The van der Waals surface area contributed by atoms with Crippen LogP contribution in [0.15, 0.2) is 29.3 Å². The van der Waals surface area contributed by atoms with Gasteiger partial charge in [-0.05, 0) is 17.7 Å². The Bertz CT molecular complexity index is 812. The Morgan fingerprint density at radius 1 is 1.25 bits per heavy atom. The number of aliphatic imine (C=N–C) groups is 1. The molecule has 0 radical (unpaired) electrons.